The molecule has 1 amide bonds. The summed E-state index contributed by atoms with van der Waals surface area (Å²) in [6.45, 7) is 0.865. The molecular weight excluding hydrogens is 335 g/mol. The molecule has 1 fully saturated rings. The number of pyridine rings is 1. The van der Waals surface area contributed by atoms with Crippen LogP contribution < -0.4 is 10.2 Å². The predicted octanol–water partition coefficient (Wildman–Crippen LogP) is 3.38. The number of piperidine rings is 1. The van der Waals surface area contributed by atoms with Crippen LogP contribution in [0.15, 0.2) is 12.3 Å². The molecule has 1 aromatic rings. The smallest absolute Gasteiger partial charge is 0.255 e. The maximum atomic E-state index is 12.0. The van der Waals surface area contributed by atoms with Gasteiger partial charge in [0.05, 0.1) is 16.6 Å². The van der Waals surface area contributed by atoms with Crippen LogP contribution in [0.25, 0.3) is 0 Å². The van der Waals surface area contributed by atoms with Crippen molar-refractivity contribution in [2.45, 2.75) is 25.7 Å². The Bertz CT molecular complexity index is 523. The number of rotatable bonds is 5. The third kappa shape index (κ3) is 4.95. The van der Waals surface area contributed by atoms with Gasteiger partial charge in [0.15, 0.2) is 0 Å². The molecule has 0 bridgehead atoms. The van der Waals surface area contributed by atoms with Crippen LogP contribution in [0.5, 0.6) is 0 Å². The average molecular weight is 352 g/mol. The van der Waals surface area contributed by atoms with Crippen molar-refractivity contribution in [1.82, 2.24) is 10.3 Å². The summed E-state index contributed by atoms with van der Waals surface area (Å²) in [5.74, 6) is 0.563. The summed E-state index contributed by atoms with van der Waals surface area (Å²) >= 11 is 12.0. The van der Waals surface area contributed by atoms with Gasteiger partial charge in [-0.05, 0) is 24.8 Å². The van der Waals surface area contributed by atoms with E-state index in [2.05, 4.69) is 10.3 Å². The highest BCUT2D eigenvalue weighted by atomic mass is 35.5. The Morgan fingerprint density at radius 1 is 1.41 bits per heavy atom. The fraction of sp³-hybridized carbons (Fsp3) is 0.571. The monoisotopic (exact) mass is 351 g/mol. The molecule has 1 N–H and O–H groups in total. The van der Waals surface area contributed by atoms with E-state index in [1.807, 2.05) is 4.90 Å². The molecule has 0 aliphatic carbocycles. The lowest BCUT2D eigenvalue weighted by Gasteiger charge is -2.33. The van der Waals surface area contributed by atoms with E-state index in [1.165, 1.54) is 0 Å². The molecule has 0 saturated carbocycles. The lowest BCUT2D eigenvalue weighted by molar-refractivity contribution is -0.122. The second-order valence-electron chi connectivity index (χ2n) is 5.29. The summed E-state index contributed by atoms with van der Waals surface area (Å²) in [5, 5.41) is 3.22. The number of halogens is 4. The van der Waals surface area contributed by atoms with Crippen molar-refractivity contribution in [3.05, 3.63) is 22.3 Å². The first-order chi connectivity index (χ1) is 10.5. The van der Waals surface area contributed by atoms with E-state index in [-0.39, 0.29) is 18.2 Å². The molecule has 122 valence electrons. The van der Waals surface area contributed by atoms with Crippen LogP contribution in [0, 0.1) is 5.92 Å². The lowest BCUT2D eigenvalue weighted by Crippen LogP contribution is -2.37. The van der Waals surface area contributed by atoms with Crippen LogP contribution in [0.3, 0.4) is 0 Å². The summed E-state index contributed by atoms with van der Waals surface area (Å²) in [6.07, 6.45) is 0.907. The molecule has 2 rings (SSSR count). The van der Waals surface area contributed by atoms with Gasteiger partial charge in [-0.3, -0.25) is 4.79 Å². The third-order valence-electron chi connectivity index (χ3n) is 3.63. The number of nitrogens with one attached hydrogen (secondary N) is 1. The van der Waals surface area contributed by atoms with Crippen molar-refractivity contribution in [1.29, 1.82) is 0 Å². The van der Waals surface area contributed by atoms with Gasteiger partial charge in [0.25, 0.3) is 6.43 Å². The fourth-order valence-corrected chi connectivity index (χ4v) is 3.01. The highest BCUT2D eigenvalue weighted by molar-refractivity contribution is 6.36. The van der Waals surface area contributed by atoms with Gasteiger partial charge >= 0.3 is 0 Å². The van der Waals surface area contributed by atoms with E-state index < -0.39 is 13.0 Å². The minimum atomic E-state index is -2.51. The van der Waals surface area contributed by atoms with Gasteiger partial charge in [0, 0.05) is 25.7 Å². The number of nitrogens with zero attached hydrogens (tertiary/aromatic N) is 2. The van der Waals surface area contributed by atoms with Crippen LogP contribution >= 0.6 is 23.2 Å². The highest BCUT2D eigenvalue weighted by Crippen LogP contribution is 2.30. The minimum absolute atomic E-state index is 0.194. The Kier molecular flexibility index (Phi) is 6.20. The molecule has 0 aromatic carbocycles. The number of carbonyl (C=O) groups is 1. The number of carbonyl (C=O) groups excluding carboxylic acids is 1. The quantitative estimate of drug-likeness (QED) is 0.884. The minimum Gasteiger partial charge on any atom is -0.355 e. The first-order valence-electron chi connectivity index (χ1n) is 7.06. The van der Waals surface area contributed by atoms with Crippen molar-refractivity contribution >= 4 is 34.9 Å². The van der Waals surface area contributed by atoms with Gasteiger partial charge in [-0.15, -0.1) is 0 Å². The van der Waals surface area contributed by atoms with Gasteiger partial charge < -0.3 is 10.2 Å². The molecule has 0 unspecified atom stereocenters. The summed E-state index contributed by atoms with van der Waals surface area (Å²) in [4.78, 5) is 17.8. The van der Waals surface area contributed by atoms with E-state index in [4.69, 9.17) is 23.2 Å². The topological polar surface area (TPSA) is 45.2 Å². The molecule has 0 spiro atoms. The van der Waals surface area contributed by atoms with Crippen molar-refractivity contribution in [2.24, 2.45) is 5.92 Å². The second-order valence-corrected chi connectivity index (χ2v) is 6.13. The molecular formula is C14H17Cl2F2N3O. The normalized spacial score (nSPS) is 16.1. The largest absolute Gasteiger partial charge is 0.355 e. The molecule has 1 aliphatic rings. The maximum Gasteiger partial charge on any atom is 0.255 e. The van der Waals surface area contributed by atoms with Gasteiger partial charge in [-0.2, -0.15) is 0 Å². The lowest BCUT2D eigenvalue weighted by atomic mass is 9.93. The molecule has 0 radical (unpaired) electrons. The number of aromatic nitrogens is 1. The summed E-state index contributed by atoms with van der Waals surface area (Å²) in [6, 6.07) is 1.65. The van der Waals surface area contributed by atoms with E-state index >= 15 is 0 Å². The van der Waals surface area contributed by atoms with E-state index in [9.17, 15) is 13.6 Å². The first kappa shape index (κ1) is 17.2. The molecule has 1 aromatic heterocycles. The maximum absolute atomic E-state index is 12.0. The third-order valence-corrected chi connectivity index (χ3v) is 4.11. The van der Waals surface area contributed by atoms with Crippen molar-refractivity contribution < 1.29 is 13.6 Å². The molecule has 0 atom stereocenters. The zero-order valence-electron chi connectivity index (χ0n) is 11.9. The standard InChI is InChI=1S/C14H17Cl2F2N3O/c15-10-6-11(16)14(20-7-10)21-3-1-9(2-4-21)5-13(22)19-8-12(17)18/h6-7,9,12H,1-5,8H2,(H,19,22). The number of anilines is 1. The second kappa shape index (κ2) is 7.92. The number of amides is 1. The van der Waals surface area contributed by atoms with Gasteiger partial charge in [0.1, 0.15) is 5.82 Å². The number of hydrogen-bond donors (Lipinski definition) is 1. The van der Waals surface area contributed by atoms with E-state index in [1.54, 1.807) is 12.3 Å². The highest BCUT2D eigenvalue weighted by Gasteiger charge is 2.23. The Morgan fingerprint density at radius 3 is 2.68 bits per heavy atom. The zero-order chi connectivity index (χ0) is 16.1. The molecule has 22 heavy (non-hydrogen) atoms. The summed E-state index contributed by atoms with van der Waals surface area (Å²) in [7, 11) is 0. The molecule has 1 saturated heterocycles. The molecule has 2 heterocycles. The van der Waals surface area contributed by atoms with Crippen LogP contribution in [0.1, 0.15) is 19.3 Å². The SMILES string of the molecule is O=C(CC1CCN(c2ncc(Cl)cc2Cl)CC1)NCC(F)F. The summed E-state index contributed by atoms with van der Waals surface area (Å²) in [5.41, 5.74) is 0. The van der Waals surface area contributed by atoms with Gasteiger partial charge in [0.2, 0.25) is 5.91 Å². The predicted molar refractivity (Wildman–Crippen MR) is 82.8 cm³/mol. The fourth-order valence-electron chi connectivity index (χ4n) is 2.51. The Morgan fingerprint density at radius 2 is 2.09 bits per heavy atom. The molecule has 1 aliphatic heterocycles. The van der Waals surface area contributed by atoms with Crippen LogP contribution in [-0.4, -0.2) is 37.0 Å². The molecule has 8 heteroatoms. The first-order valence-corrected chi connectivity index (χ1v) is 7.82. The van der Waals surface area contributed by atoms with Crippen molar-refractivity contribution in [2.75, 3.05) is 24.5 Å². The van der Waals surface area contributed by atoms with Crippen LogP contribution in [0.4, 0.5) is 14.6 Å². The number of hydrogen-bond acceptors (Lipinski definition) is 3. The van der Waals surface area contributed by atoms with Crippen molar-refractivity contribution in [3.63, 3.8) is 0 Å². The number of alkyl halides is 2. The Balaban J connectivity index is 1.81. The zero-order valence-corrected chi connectivity index (χ0v) is 13.4. The van der Waals surface area contributed by atoms with E-state index in [0.717, 1.165) is 25.9 Å². The average Bonchev–Trinajstić information content (AvgIpc) is 2.46. The van der Waals surface area contributed by atoms with Crippen molar-refractivity contribution in [3.8, 4) is 0 Å². The van der Waals surface area contributed by atoms with E-state index in [0.29, 0.717) is 15.9 Å². The van der Waals surface area contributed by atoms with Crippen LogP contribution in [0.2, 0.25) is 10.0 Å². The summed E-state index contributed by atoms with van der Waals surface area (Å²) < 4.78 is 24.1. The molecule has 4 nitrogen and oxygen atoms in total. The Labute approximate surface area is 137 Å². The van der Waals surface area contributed by atoms with Gasteiger partial charge in [-0.25, -0.2) is 13.8 Å². The van der Waals surface area contributed by atoms with Crippen LogP contribution in [-0.2, 0) is 4.79 Å². The van der Waals surface area contributed by atoms with Gasteiger partial charge in [-0.1, -0.05) is 23.2 Å². The Hall–Kier alpha value is -1.14.